The van der Waals surface area contributed by atoms with E-state index in [0.717, 1.165) is 12.1 Å². The van der Waals surface area contributed by atoms with E-state index >= 15 is 0 Å². The van der Waals surface area contributed by atoms with Gasteiger partial charge in [0.2, 0.25) is 12.3 Å². The van der Waals surface area contributed by atoms with Gasteiger partial charge in [0.25, 0.3) is 0 Å². The highest BCUT2D eigenvalue weighted by Crippen LogP contribution is 2.28. The fourth-order valence-electron chi connectivity index (χ4n) is 3.50. The number of carbonyl (C=O) groups excluding carboxylic acids is 2. The molecule has 1 heterocycles. The van der Waals surface area contributed by atoms with Gasteiger partial charge in [-0.3, -0.25) is 9.59 Å². The zero-order valence-electron chi connectivity index (χ0n) is 19.1. The van der Waals surface area contributed by atoms with Crippen LogP contribution in [0.15, 0.2) is 53.4 Å². The quantitative estimate of drug-likeness (QED) is 0.445. The summed E-state index contributed by atoms with van der Waals surface area (Å²) in [6.45, 7) is 1.85. The first-order valence-corrected chi connectivity index (χ1v) is 12.6. The minimum Gasteiger partial charge on any atom is -0.457 e. The van der Waals surface area contributed by atoms with E-state index in [-0.39, 0.29) is 35.1 Å². The summed E-state index contributed by atoms with van der Waals surface area (Å²) in [5.74, 6) is -0.449. The lowest BCUT2D eigenvalue weighted by atomic mass is 10.1. The van der Waals surface area contributed by atoms with Crippen LogP contribution in [0.25, 0.3) is 0 Å². The third kappa shape index (κ3) is 8.41. The largest absolute Gasteiger partial charge is 0.573 e. The Morgan fingerprint density at radius 2 is 1.58 bits per heavy atom. The van der Waals surface area contributed by atoms with Crippen LogP contribution in [0, 0.1) is 0 Å². The summed E-state index contributed by atoms with van der Waals surface area (Å²) in [5, 5.41) is 2.47. The van der Waals surface area contributed by atoms with E-state index in [0.29, 0.717) is 32.7 Å². The van der Waals surface area contributed by atoms with Crippen molar-refractivity contribution in [3.63, 3.8) is 0 Å². The molecular weight excluding hydrogens is 505 g/mol. The van der Waals surface area contributed by atoms with Gasteiger partial charge in [-0.2, -0.15) is 0 Å². The second kappa shape index (κ2) is 12.1. The Bertz CT molecular complexity index is 1120. The van der Waals surface area contributed by atoms with Crippen LogP contribution in [0.2, 0.25) is 0 Å². The van der Waals surface area contributed by atoms with E-state index < -0.39 is 33.7 Å². The average Bonchev–Trinajstić information content (AvgIpc) is 2.83. The normalized spacial score (nSPS) is 15.1. The molecule has 2 amide bonds. The zero-order valence-corrected chi connectivity index (χ0v) is 19.9. The number of nitrogens with zero attached hydrogens (tertiary/aromatic N) is 1. The number of carbonyl (C=O) groups is 2. The topological polar surface area (TPSA) is 111 Å². The Kier molecular flexibility index (Phi) is 9.15. The number of rotatable bonds is 11. The van der Waals surface area contributed by atoms with Crippen LogP contribution in [0.5, 0.6) is 17.2 Å². The first-order valence-electron chi connectivity index (χ1n) is 11.0. The van der Waals surface area contributed by atoms with Crippen LogP contribution in [0.3, 0.4) is 0 Å². The number of sulfone groups is 1. The predicted molar refractivity (Wildman–Crippen MR) is 121 cm³/mol. The van der Waals surface area contributed by atoms with E-state index in [1.54, 1.807) is 4.90 Å². The Labute approximate surface area is 206 Å². The number of halogens is 3. The molecule has 1 saturated heterocycles. The number of benzene rings is 2. The smallest absolute Gasteiger partial charge is 0.457 e. The molecular formula is C23H25F3N2O7S. The summed E-state index contributed by atoms with van der Waals surface area (Å²) in [4.78, 5) is 25.0. The summed E-state index contributed by atoms with van der Waals surface area (Å²) < 4.78 is 77.0. The molecule has 1 fully saturated rings. The maximum absolute atomic E-state index is 12.9. The fraction of sp³-hybridized carbons (Fsp3) is 0.391. The van der Waals surface area contributed by atoms with E-state index in [1.807, 2.05) is 0 Å². The predicted octanol–water partition coefficient (Wildman–Crippen LogP) is 2.90. The van der Waals surface area contributed by atoms with Crippen LogP contribution in [0.1, 0.15) is 12.8 Å². The van der Waals surface area contributed by atoms with Crippen LogP contribution in [0.4, 0.5) is 13.2 Å². The minimum absolute atomic E-state index is 0.0130. The Hall–Kier alpha value is -3.32. The van der Waals surface area contributed by atoms with Crippen molar-refractivity contribution in [3.8, 4) is 17.2 Å². The number of ether oxygens (including phenoxy) is 3. The van der Waals surface area contributed by atoms with Crippen molar-refractivity contribution in [2.45, 2.75) is 30.1 Å². The maximum atomic E-state index is 12.9. The van der Waals surface area contributed by atoms with Gasteiger partial charge in [-0.05, 0) is 55.0 Å². The molecule has 0 aromatic heterocycles. The van der Waals surface area contributed by atoms with Gasteiger partial charge in [0.15, 0.2) is 9.84 Å². The Morgan fingerprint density at radius 3 is 2.14 bits per heavy atom. The van der Waals surface area contributed by atoms with E-state index in [9.17, 15) is 31.2 Å². The number of nitrogens with one attached hydrogen (secondary N) is 1. The van der Waals surface area contributed by atoms with E-state index in [2.05, 4.69) is 10.1 Å². The number of alkyl halides is 3. The van der Waals surface area contributed by atoms with E-state index in [1.165, 1.54) is 36.4 Å². The molecule has 2 aromatic rings. The SMILES string of the molecule is O=CNC(CCC(=O)N1CCOCC1)CS(=O)(=O)c1ccc(Oc2ccc(OC(F)(F)F)cc2)cc1. The van der Waals surface area contributed by atoms with Crippen molar-refractivity contribution in [2.75, 3.05) is 32.1 Å². The molecule has 2 aromatic carbocycles. The monoisotopic (exact) mass is 530 g/mol. The Morgan fingerprint density at radius 1 is 1.03 bits per heavy atom. The number of morpholine rings is 1. The van der Waals surface area contributed by atoms with Crippen LogP contribution in [-0.4, -0.2) is 70.1 Å². The van der Waals surface area contributed by atoms with Crippen LogP contribution in [-0.2, 0) is 24.2 Å². The summed E-state index contributed by atoms with van der Waals surface area (Å²) >= 11 is 0. The lowest BCUT2D eigenvalue weighted by Gasteiger charge is -2.27. The second-order valence-electron chi connectivity index (χ2n) is 7.89. The van der Waals surface area contributed by atoms with Gasteiger partial charge in [-0.1, -0.05) is 0 Å². The molecule has 1 N–H and O–H groups in total. The molecule has 0 aliphatic carbocycles. The average molecular weight is 531 g/mol. The molecule has 0 spiro atoms. The molecule has 3 rings (SSSR count). The van der Waals surface area contributed by atoms with Crippen molar-refractivity contribution in [2.24, 2.45) is 0 Å². The minimum atomic E-state index is -4.80. The lowest BCUT2D eigenvalue weighted by molar-refractivity contribution is -0.274. The second-order valence-corrected chi connectivity index (χ2v) is 9.92. The lowest BCUT2D eigenvalue weighted by Crippen LogP contribution is -2.42. The molecule has 1 aliphatic heterocycles. The molecule has 1 atom stereocenters. The van der Waals surface area contributed by atoms with E-state index in [4.69, 9.17) is 9.47 Å². The van der Waals surface area contributed by atoms with Crippen molar-refractivity contribution < 1.29 is 45.4 Å². The molecule has 9 nitrogen and oxygen atoms in total. The molecule has 1 aliphatic rings. The molecule has 0 saturated carbocycles. The van der Waals surface area contributed by atoms with Crippen LogP contribution >= 0.6 is 0 Å². The van der Waals surface area contributed by atoms with Gasteiger partial charge in [-0.25, -0.2) is 8.42 Å². The summed E-state index contributed by atoms with van der Waals surface area (Å²) in [6.07, 6.45) is -4.16. The highest BCUT2D eigenvalue weighted by atomic mass is 32.2. The number of hydrogen-bond acceptors (Lipinski definition) is 7. The first-order chi connectivity index (χ1) is 17.1. The highest BCUT2D eigenvalue weighted by Gasteiger charge is 2.31. The van der Waals surface area contributed by atoms with Crippen molar-refractivity contribution in [1.82, 2.24) is 10.2 Å². The number of hydrogen-bond donors (Lipinski definition) is 1. The third-order valence-electron chi connectivity index (χ3n) is 5.27. The maximum Gasteiger partial charge on any atom is 0.573 e. The molecule has 196 valence electrons. The third-order valence-corrected chi connectivity index (χ3v) is 7.10. The fourth-order valence-corrected chi connectivity index (χ4v) is 5.04. The standard InChI is InChI=1S/C23H25F3N2O7S/c24-23(25,26)35-20-4-2-18(3-5-20)34-19-6-8-21(9-7-19)36(31,32)15-17(27-16-29)1-10-22(30)28-11-13-33-14-12-28/h2-9,16-17H,1,10-15H2,(H,27,29). The van der Waals surface area contributed by atoms with Crippen molar-refractivity contribution >= 4 is 22.2 Å². The summed E-state index contributed by atoms with van der Waals surface area (Å²) in [7, 11) is -3.81. The van der Waals surface area contributed by atoms with Gasteiger partial charge in [-0.15, -0.1) is 13.2 Å². The molecule has 1 unspecified atom stereocenters. The molecule has 13 heteroatoms. The molecule has 0 radical (unpaired) electrons. The summed E-state index contributed by atoms with van der Waals surface area (Å²) in [5.41, 5.74) is 0. The highest BCUT2D eigenvalue weighted by molar-refractivity contribution is 7.91. The van der Waals surface area contributed by atoms with Gasteiger partial charge in [0.05, 0.1) is 23.9 Å². The molecule has 36 heavy (non-hydrogen) atoms. The molecule has 0 bridgehead atoms. The zero-order chi connectivity index (χ0) is 26.2. The summed E-state index contributed by atoms with van der Waals surface area (Å²) in [6, 6.07) is 9.42. The van der Waals surface area contributed by atoms with Gasteiger partial charge >= 0.3 is 6.36 Å². The first kappa shape index (κ1) is 27.3. The van der Waals surface area contributed by atoms with Crippen LogP contribution < -0.4 is 14.8 Å². The van der Waals surface area contributed by atoms with Crippen molar-refractivity contribution in [1.29, 1.82) is 0 Å². The van der Waals surface area contributed by atoms with Gasteiger partial charge in [0, 0.05) is 25.6 Å². The van der Waals surface area contributed by atoms with Gasteiger partial charge < -0.3 is 24.4 Å². The Balaban J connectivity index is 1.58. The van der Waals surface area contributed by atoms with Crippen molar-refractivity contribution in [3.05, 3.63) is 48.5 Å². The number of amides is 2. The van der Waals surface area contributed by atoms with Gasteiger partial charge in [0.1, 0.15) is 17.2 Å².